The number of carbonyl (C=O) groups is 2. The Morgan fingerprint density at radius 3 is 2.33 bits per heavy atom. The summed E-state index contributed by atoms with van der Waals surface area (Å²) in [6.45, 7) is 9.74. The minimum Gasteiger partial charge on any atom is -0.383 e. The van der Waals surface area contributed by atoms with Crippen LogP contribution in [0.4, 0.5) is 5.69 Å². The summed E-state index contributed by atoms with van der Waals surface area (Å²) in [6.07, 6.45) is 3.49. The number of methoxy groups -OCH3 is 1. The van der Waals surface area contributed by atoms with E-state index in [2.05, 4.69) is 23.8 Å². The Balaban J connectivity index is 2.53. The number of nitrogens with zero attached hydrogens (tertiary/aromatic N) is 1. The molecule has 0 saturated heterocycles. The number of hydrogen-bond donors (Lipinski definition) is 2. The average Bonchev–Trinajstić information content (AvgIpc) is 2.56. The van der Waals surface area contributed by atoms with Gasteiger partial charge >= 0.3 is 0 Å². The van der Waals surface area contributed by atoms with Crippen LogP contribution in [0.2, 0.25) is 0 Å². The minimum absolute atomic E-state index is 0.129. The van der Waals surface area contributed by atoms with Gasteiger partial charge in [-0.2, -0.15) is 0 Å². The van der Waals surface area contributed by atoms with Crippen LogP contribution in [0, 0.1) is 0 Å². The molecule has 1 rings (SSSR count). The summed E-state index contributed by atoms with van der Waals surface area (Å²) in [5.74, 6) is -0.302. The predicted molar refractivity (Wildman–Crippen MR) is 96.1 cm³/mol. The minimum atomic E-state index is -0.173. The van der Waals surface area contributed by atoms with Crippen molar-refractivity contribution in [3.05, 3.63) is 55.1 Å². The van der Waals surface area contributed by atoms with E-state index in [4.69, 9.17) is 4.74 Å². The first-order valence-corrected chi connectivity index (χ1v) is 7.72. The summed E-state index contributed by atoms with van der Waals surface area (Å²) in [7, 11) is 1.58. The zero-order valence-electron chi connectivity index (χ0n) is 14.1. The van der Waals surface area contributed by atoms with Crippen molar-refractivity contribution in [1.82, 2.24) is 10.2 Å². The van der Waals surface area contributed by atoms with Crippen LogP contribution in [0.3, 0.4) is 0 Å². The molecule has 0 bridgehead atoms. The molecule has 130 valence electrons. The zero-order chi connectivity index (χ0) is 17.8. The van der Waals surface area contributed by atoms with E-state index >= 15 is 0 Å². The molecule has 0 unspecified atom stereocenters. The summed E-state index contributed by atoms with van der Waals surface area (Å²) in [6, 6.07) is 6.74. The normalized spacial score (nSPS) is 10.2. The van der Waals surface area contributed by atoms with E-state index in [-0.39, 0.29) is 18.4 Å². The van der Waals surface area contributed by atoms with Crippen LogP contribution in [-0.4, -0.2) is 56.6 Å². The highest BCUT2D eigenvalue weighted by molar-refractivity contribution is 5.96. The molecule has 24 heavy (non-hydrogen) atoms. The van der Waals surface area contributed by atoms with Crippen LogP contribution in [0.1, 0.15) is 10.4 Å². The van der Waals surface area contributed by atoms with Crippen molar-refractivity contribution in [3.8, 4) is 0 Å². The highest BCUT2D eigenvalue weighted by atomic mass is 16.5. The van der Waals surface area contributed by atoms with E-state index in [9.17, 15) is 9.59 Å². The molecular formula is C18H25N3O3. The molecule has 2 amide bonds. The monoisotopic (exact) mass is 331 g/mol. The van der Waals surface area contributed by atoms with E-state index < -0.39 is 0 Å². The van der Waals surface area contributed by atoms with Crippen LogP contribution in [-0.2, 0) is 9.53 Å². The van der Waals surface area contributed by atoms with E-state index in [0.717, 1.165) is 0 Å². The number of anilines is 1. The van der Waals surface area contributed by atoms with Gasteiger partial charge in [0.15, 0.2) is 0 Å². The third-order valence-electron chi connectivity index (χ3n) is 3.16. The second-order valence-corrected chi connectivity index (χ2v) is 5.15. The molecule has 0 aliphatic rings. The van der Waals surface area contributed by atoms with Gasteiger partial charge in [-0.25, -0.2) is 0 Å². The maximum absolute atomic E-state index is 12.1. The molecule has 0 fully saturated rings. The van der Waals surface area contributed by atoms with Crippen molar-refractivity contribution in [3.63, 3.8) is 0 Å². The Bertz CT molecular complexity index is 545. The first-order chi connectivity index (χ1) is 11.6. The molecule has 6 nitrogen and oxygen atoms in total. The molecule has 0 heterocycles. The largest absolute Gasteiger partial charge is 0.383 e. The van der Waals surface area contributed by atoms with E-state index in [1.54, 1.807) is 43.5 Å². The van der Waals surface area contributed by atoms with Crippen molar-refractivity contribution >= 4 is 17.5 Å². The highest BCUT2D eigenvalue weighted by Crippen LogP contribution is 2.09. The number of rotatable bonds is 11. The first-order valence-electron chi connectivity index (χ1n) is 7.72. The maximum atomic E-state index is 12.1. The summed E-state index contributed by atoms with van der Waals surface area (Å²) >= 11 is 0. The molecule has 2 N–H and O–H groups in total. The van der Waals surface area contributed by atoms with Gasteiger partial charge < -0.3 is 15.4 Å². The van der Waals surface area contributed by atoms with Crippen molar-refractivity contribution in [2.45, 2.75) is 0 Å². The summed E-state index contributed by atoms with van der Waals surface area (Å²) in [5.41, 5.74) is 1.18. The molecule has 0 atom stereocenters. The molecule has 6 heteroatoms. The van der Waals surface area contributed by atoms with Gasteiger partial charge in [0.05, 0.1) is 13.2 Å². The number of carbonyl (C=O) groups excluding carboxylic acids is 2. The molecule has 0 radical (unpaired) electrons. The maximum Gasteiger partial charge on any atom is 0.251 e. The smallest absolute Gasteiger partial charge is 0.251 e. The lowest BCUT2D eigenvalue weighted by Gasteiger charge is -2.18. The fourth-order valence-corrected chi connectivity index (χ4v) is 2.05. The van der Waals surface area contributed by atoms with Gasteiger partial charge in [-0.05, 0) is 24.3 Å². The Kier molecular flexibility index (Phi) is 9.11. The van der Waals surface area contributed by atoms with Crippen LogP contribution in [0.15, 0.2) is 49.6 Å². The SMILES string of the molecule is C=CCN(CC=C)CC(=O)Nc1ccc(C(=O)NCCOC)cc1. The molecule has 1 aromatic carbocycles. The third kappa shape index (κ3) is 7.21. The van der Waals surface area contributed by atoms with Gasteiger partial charge in [0.25, 0.3) is 5.91 Å². The Hall–Kier alpha value is -2.44. The van der Waals surface area contributed by atoms with Gasteiger partial charge in [-0.15, -0.1) is 13.2 Å². The van der Waals surface area contributed by atoms with Crippen LogP contribution in [0.25, 0.3) is 0 Å². The Labute approximate surface area is 143 Å². The highest BCUT2D eigenvalue weighted by Gasteiger charge is 2.09. The number of amides is 2. The van der Waals surface area contributed by atoms with Crippen molar-refractivity contribution in [2.24, 2.45) is 0 Å². The van der Waals surface area contributed by atoms with Gasteiger partial charge in [-0.1, -0.05) is 12.2 Å². The van der Waals surface area contributed by atoms with Gasteiger partial charge in [0, 0.05) is 38.0 Å². The molecular weight excluding hydrogens is 306 g/mol. The lowest BCUT2D eigenvalue weighted by atomic mass is 10.2. The zero-order valence-corrected chi connectivity index (χ0v) is 14.1. The molecule has 0 spiro atoms. The predicted octanol–water partition coefficient (Wildman–Crippen LogP) is 1.68. The van der Waals surface area contributed by atoms with Crippen molar-refractivity contribution < 1.29 is 14.3 Å². The second kappa shape index (κ2) is 11.2. The molecule has 0 saturated carbocycles. The summed E-state index contributed by atoms with van der Waals surface area (Å²) < 4.78 is 4.88. The second-order valence-electron chi connectivity index (χ2n) is 5.15. The Morgan fingerprint density at radius 1 is 1.17 bits per heavy atom. The molecule has 0 aliphatic carbocycles. The third-order valence-corrected chi connectivity index (χ3v) is 3.16. The summed E-state index contributed by atoms with van der Waals surface area (Å²) in [4.78, 5) is 25.8. The molecule has 1 aromatic rings. The average molecular weight is 331 g/mol. The fourth-order valence-electron chi connectivity index (χ4n) is 2.05. The van der Waals surface area contributed by atoms with Crippen molar-refractivity contribution in [1.29, 1.82) is 0 Å². The number of benzene rings is 1. The van der Waals surface area contributed by atoms with E-state index in [1.807, 2.05) is 4.90 Å². The van der Waals surface area contributed by atoms with Crippen LogP contribution >= 0.6 is 0 Å². The van der Waals surface area contributed by atoms with Crippen LogP contribution in [0.5, 0.6) is 0 Å². The van der Waals surface area contributed by atoms with Crippen molar-refractivity contribution in [2.75, 3.05) is 45.2 Å². The van der Waals surface area contributed by atoms with E-state index in [1.165, 1.54) is 0 Å². The van der Waals surface area contributed by atoms with Gasteiger partial charge in [0.1, 0.15) is 0 Å². The number of nitrogens with one attached hydrogen (secondary N) is 2. The lowest BCUT2D eigenvalue weighted by molar-refractivity contribution is -0.117. The van der Waals surface area contributed by atoms with E-state index in [0.29, 0.717) is 37.5 Å². The first kappa shape index (κ1) is 19.6. The van der Waals surface area contributed by atoms with Crippen LogP contribution < -0.4 is 10.6 Å². The number of hydrogen-bond acceptors (Lipinski definition) is 4. The molecule has 0 aliphatic heterocycles. The molecule has 0 aromatic heterocycles. The topological polar surface area (TPSA) is 70.7 Å². The Morgan fingerprint density at radius 2 is 1.79 bits per heavy atom. The fraction of sp³-hybridized carbons (Fsp3) is 0.333. The number of ether oxygens (including phenoxy) is 1. The standard InChI is InChI=1S/C18H25N3O3/c1-4-11-21(12-5-2)14-17(22)20-16-8-6-15(7-9-16)18(23)19-10-13-24-3/h4-9H,1-2,10-14H2,3H3,(H,19,23)(H,20,22). The summed E-state index contributed by atoms with van der Waals surface area (Å²) in [5, 5.41) is 5.54. The van der Waals surface area contributed by atoms with Gasteiger partial charge in [-0.3, -0.25) is 14.5 Å². The quantitative estimate of drug-likeness (QED) is 0.478. The van der Waals surface area contributed by atoms with Gasteiger partial charge in [0.2, 0.25) is 5.91 Å². The lowest BCUT2D eigenvalue weighted by Crippen LogP contribution is -2.33.